The summed E-state index contributed by atoms with van der Waals surface area (Å²) in [4.78, 5) is 12.2. The van der Waals surface area contributed by atoms with E-state index < -0.39 is 29.3 Å². The van der Waals surface area contributed by atoms with Crippen LogP contribution in [0.15, 0.2) is 36.4 Å². The van der Waals surface area contributed by atoms with Crippen molar-refractivity contribution in [3.8, 4) is 22.6 Å². The van der Waals surface area contributed by atoms with E-state index in [9.17, 15) is 22.4 Å². The molecule has 4 nitrogen and oxygen atoms in total. The van der Waals surface area contributed by atoms with Gasteiger partial charge in [0.2, 0.25) is 0 Å². The lowest BCUT2D eigenvalue weighted by atomic mass is 9.98. The number of benzene rings is 2. The van der Waals surface area contributed by atoms with Crippen LogP contribution in [0.5, 0.6) is 11.5 Å². The lowest BCUT2D eigenvalue weighted by Gasteiger charge is -2.25. The third-order valence-corrected chi connectivity index (χ3v) is 4.91. The van der Waals surface area contributed by atoms with Gasteiger partial charge in [-0.25, -0.2) is 4.39 Å². The molecule has 2 aromatic carbocycles. The molecule has 1 heterocycles. The molecule has 30 heavy (non-hydrogen) atoms. The van der Waals surface area contributed by atoms with Crippen LogP contribution in [-0.4, -0.2) is 25.3 Å². The van der Waals surface area contributed by atoms with Crippen LogP contribution in [0.4, 0.5) is 17.6 Å². The quantitative estimate of drug-likeness (QED) is 0.353. The van der Waals surface area contributed by atoms with Crippen molar-refractivity contribution in [3.63, 3.8) is 0 Å². The molecule has 1 saturated heterocycles. The number of carbonyl (C=O) groups excluding carboxylic acids is 1. The molecule has 0 N–H and O–H groups in total. The van der Waals surface area contributed by atoms with E-state index in [0.29, 0.717) is 6.42 Å². The zero-order valence-corrected chi connectivity index (χ0v) is 16.6. The van der Waals surface area contributed by atoms with Crippen LogP contribution in [0.2, 0.25) is 0 Å². The van der Waals surface area contributed by atoms with Gasteiger partial charge in [-0.1, -0.05) is 12.1 Å². The molecule has 3 rings (SSSR count). The van der Waals surface area contributed by atoms with Crippen molar-refractivity contribution in [2.75, 3.05) is 13.2 Å². The van der Waals surface area contributed by atoms with Crippen molar-refractivity contribution in [2.24, 2.45) is 5.92 Å². The Labute approximate surface area is 171 Å². The summed E-state index contributed by atoms with van der Waals surface area (Å²) < 4.78 is 70.8. The third-order valence-electron chi connectivity index (χ3n) is 4.91. The van der Waals surface area contributed by atoms with Gasteiger partial charge in [0.05, 0.1) is 25.2 Å². The first kappa shape index (κ1) is 22.1. The van der Waals surface area contributed by atoms with Crippen LogP contribution in [0.3, 0.4) is 0 Å². The van der Waals surface area contributed by atoms with Crippen LogP contribution in [0.25, 0.3) is 11.1 Å². The van der Waals surface area contributed by atoms with Crippen molar-refractivity contribution in [3.05, 3.63) is 47.8 Å². The summed E-state index contributed by atoms with van der Waals surface area (Å²) in [5.41, 5.74) is -1.58. The van der Waals surface area contributed by atoms with E-state index in [1.807, 2.05) is 6.92 Å². The van der Waals surface area contributed by atoms with E-state index in [2.05, 4.69) is 0 Å². The van der Waals surface area contributed by atoms with E-state index >= 15 is 0 Å². The molecule has 2 atom stereocenters. The maximum Gasteiger partial charge on any atom is 0.419 e. The van der Waals surface area contributed by atoms with Gasteiger partial charge in [-0.15, -0.1) is 0 Å². The Morgan fingerprint density at radius 1 is 1.13 bits per heavy atom. The maximum absolute atomic E-state index is 14.5. The van der Waals surface area contributed by atoms with Crippen LogP contribution < -0.4 is 9.47 Å². The van der Waals surface area contributed by atoms with Gasteiger partial charge in [-0.3, -0.25) is 4.79 Å². The maximum atomic E-state index is 14.5. The first-order valence-corrected chi connectivity index (χ1v) is 9.67. The number of rotatable bonds is 5. The van der Waals surface area contributed by atoms with Gasteiger partial charge < -0.3 is 14.2 Å². The molecule has 0 radical (unpaired) electrons. The van der Waals surface area contributed by atoms with Crippen molar-refractivity contribution in [2.45, 2.75) is 39.0 Å². The Morgan fingerprint density at radius 2 is 1.83 bits per heavy atom. The largest absolute Gasteiger partial charge is 0.491 e. The molecule has 0 aromatic heterocycles. The summed E-state index contributed by atoms with van der Waals surface area (Å²) in [7, 11) is 0. The van der Waals surface area contributed by atoms with Crippen LogP contribution in [-0.2, 0) is 15.7 Å². The number of hydrogen-bond donors (Lipinski definition) is 0. The Kier molecular flexibility index (Phi) is 6.65. The standard InChI is InChI=1S/C22H22F4O4/c1-3-28-18-11-10-17(19(20(18)23)22(24,25)26)14-6-8-16(9-7-14)30-21(27)15-5-4-13(2)29-12-15/h6-11,13,15H,3-5,12H2,1-2H3. The van der Waals surface area contributed by atoms with Crippen LogP contribution >= 0.6 is 0 Å². The topological polar surface area (TPSA) is 44.8 Å². The molecular formula is C22H22F4O4. The number of esters is 1. The Bertz CT molecular complexity index is 885. The fourth-order valence-electron chi connectivity index (χ4n) is 3.31. The number of alkyl halides is 3. The van der Waals surface area contributed by atoms with Gasteiger partial charge in [0.25, 0.3) is 0 Å². The lowest BCUT2D eigenvalue weighted by molar-refractivity contribution is -0.145. The van der Waals surface area contributed by atoms with E-state index in [1.54, 1.807) is 6.92 Å². The zero-order chi connectivity index (χ0) is 21.9. The van der Waals surface area contributed by atoms with Crippen molar-refractivity contribution < 1.29 is 36.6 Å². The van der Waals surface area contributed by atoms with E-state index in [0.717, 1.165) is 6.42 Å². The molecule has 8 heteroatoms. The summed E-state index contributed by atoms with van der Waals surface area (Å²) >= 11 is 0. The van der Waals surface area contributed by atoms with Gasteiger partial charge in [0.1, 0.15) is 11.3 Å². The average Bonchev–Trinajstić information content (AvgIpc) is 2.69. The van der Waals surface area contributed by atoms with Gasteiger partial charge in [-0.05, 0) is 62.1 Å². The van der Waals surface area contributed by atoms with Gasteiger partial charge in [0, 0.05) is 0 Å². The normalized spacial score (nSPS) is 19.4. The highest BCUT2D eigenvalue weighted by molar-refractivity contribution is 5.76. The fourth-order valence-corrected chi connectivity index (χ4v) is 3.31. The Morgan fingerprint density at radius 3 is 2.40 bits per heavy atom. The minimum atomic E-state index is -4.91. The summed E-state index contributed by atoms with van der Waals surface area (Å²) in [5, 5.41) is 0. The molecule has 0 bridgehead atoms. The minimum absolute atomic E-state index is 0.0403. The Balaban J connectivity index is 1.82. The molecule has 2 aromatic rings. The number of carbonyl (C=O) groups is 1. The predicted octanol–water partition coefficient (Wildman–Crippen LogP) is 5.63. The second-order valence-corrected chi connectivity index (χ2v) is 7.09. The van der Waals surface area contributed by atoms with Crippen LogP contribution in [0, 0.1) is 11.7 Å². The monoisotopic (exact) mass is 426 g/mol. The SMILES string of the molecule is CCOc1ccc(-c2ccc(OC(=O)C3CCC(C)OC3)cc2)c(C(F)(F)F)c1F. The van der Waals surface area contributed by atoms with E-state index in [-0.39, 0.29) is 42.1 Å². The average molecular weight is 426 g/mol. The summed E-state index contributed by atoms with van der Waals surface area (Å²) in [5.74, 6) is -2.54. The van der Waals surface area contributed by atoms with Gasteiger partial charge in [0.15, 0.2) is 11.6 Å². The van der Waals surface area contributed by atoms with Gasteiger partial charge >= 0.3 is 12.1 Å². The predicted molar refractivity (Wildman–Crippen MR) is 102 cm³/mol. The molecule has 1 fully saturated rings. The van der Waals surface area contributed by atoms with Crippen LogP contribution in [0.1, 0.15) is 32.3 Å². The molecule has 2 unspecified atom stereocenters. The van der Waals surface area contributed by atoms with Gasteiger partial charge in [-0.2, -0.15) is 13.2 Å². The van der Waals surface area contributed by atoms with E-state index in [1.165, 1.54) is 36.4 Å². The van der Waals surface area contributed by atoms with Crippen molar-refractivity contribution >= 4 is 5.97 Å². The van der Waals surface area contributed by atoms with E-state index in [4.69, 9.17) is 14.2 Å². The number of hydrogen-bond acceptors (Lipinski definition) is 4. The number of ether oxygens (including phenoxy) is 3. The molecular weight excluding hydrogens is 404 g/mol. The molecule has 1 aliphatic rings. The Hall–Kier alpha value is -2.61. The molecule has 1 aliphatic heterocycles. The minimum Gasteiger partial charge on any atom is -0.491 e. The second-order valence-electron chi connectivity index (χ2n) is 7.09. The highest BCUT2D eigenvalue weighted by Gasteiger charge is 2.38. The second kappa shape index (κ2) is 9.04. The first-order chi connectivity index (χ1) is 14.2. The molecule has 0 spiro atoms. The number of halogens is 4. The first-order valence-electron chi connectivity index (χ1n) is 9.67. The lowest BCUT2D eigenvalue weighted by Crippen LogP contribution is -2.31. The summed E-state index contributed by atoms with van der Waals surface area (Å²) in [6.45, 7) is 3.80. The molecule has 0 aliphatic carbocycles. The fraction of sp³-hybridized carbons (Fsp3) is 0.409. The summed E-state index contributed by atoms with van der Waals surface area (Å²) in [6.07, 6.45) is -3.40. The smallest absolute Gasteiger partial charge is 0.419 e. The molecule has 0 amide bonds. The van der Waals surface area contributed by atoms with Crippen molar-refractivity contribution in [1.29, 1.82) is 0 Å². The highest BCUT2D eigenvalue weighted by atomic mass is 19.4. The molecule has 162 valence electrons. The third kappa shape index (κ3) is 4.92. The highest BCUT2D eigenvalue weighted by Crippen LogP contribution is 2.42. The zero-order valence-electron chi connectivity index (χ0n) is 16.6. The summed E-state index contributed by atoms with van der Waals surface area (Å²) in [6, 6.07) is 7.81. The molecule has 0 saturated carbocycles. The van der Waals surface area contributed by atoms with Crippen molar-refractivity contribution in [1.82, 2.24) is 0 Å².